The number of thiazole rings is 1. The van der Waals surface area contributed by atoms with Gasteiger partial charge in [0.15, 0.2) is 5.82 Å². The minimum Gasteiger partial charge on any atom is -0.367 e. The monoisotopic (exact) mass is 343 g/mol. The van der Waals surface area contributed by atoms with E-state index in [1.54, 1.807) is 11.3 Å². The number of nitrogens with one attached hydrogen (secondary N) is 1. The molecule has 0 aliphatic heterocycles. The van der Waals surface area contributed by atoms with Crippen LogP contribution in [0.3, 0.4) is 0 Å². The number of anilines is 1. The van der Waals surface area contributed by atoms with Gasteiger partial charge in [0.25, 0.3) is 0 Å². The Morgan fingerprint density at radius 3 is 2.50 bits per heavy atom. The minimum atomic E-state index is 0.0851. The van der Waals surface area contributed by atoms with Crippen molar-refractivity contribution in [2.45, 2.75) is 59.3 Å². The average molecular weight is 344 g/mol. The first-order valence-electron chi connectivity index (χ1n) is 8.37. The average Bonchev–Trinajstić information content (AvgIpc) is 3.03. The number of nitriles is 1. The van der Waals surface area contributed by atoms with Crippen molar-refractivity contribution in [1.29, 1.82) is 5.26 Å². The molecule has 0 saturated carbocycles. The molecule has 2 aromatic rings. The maximum absolute atomic E-state index is 9.49. The molecule has 0 aliphatic rings. The Morgan fingerprint density at radius 2 is 1.96 bits per heavy atom. The maximum atomic E-state index is 9.49. The molecule has 128 valence electrons. The van der Waals surface area contributed by atoms with Gasteiger partial charge in [0.2, 0.25) is 0 Å². The summed E-state index contributed by atoms with van der Waals surface area (Å²) < 4.78 is 0. The van der Waals surface area contributed by atoms with Crippen molar-refractivity contribution in [2.75, 3.05) is 11.9 Å². The van der Waals surface area contributed by atoms with E-state index in [-0.39, 0.29) is 5.41 Å². The van der Waals surface area contributed by atoms with E-state index in [2.05, 4.69) is 47.7 Å². The second-order valence-corrected chi connectivity index (χ2v) is 7.60. The summed E-state index contributed by atoms with van der Waals surface area (Å²) in [5, 5.41) is 24.5. The Hall–Kier alpha value is -2.00. The molecule has 2 aromatic heterocycles. The van der Waals surface area contributed by atoms with Gasteiger partial charge in [-0.15, -0.1) is 16.4 Å². The molecule has 5 nitrogen and oxygen atoms in total. The highest BCUT2D eigenvalue weighted by Crippen LogP contribution is 2.26. The van der Waals surface area contributed by atoms with Crippen molar-refractivity contribution in [1.82, 2.24) is 15.2 Å². The topological polar surface area (TPSA) is 74.5 Å². The van der Waals surface area contributed by atoms with E-state index >= 15 is 0 Å². The van der Waals surface area contributed by atoms with E-state index < -0.39 is 0 Å². The minimum absolute atomic E-state index is 0.0851. The molecule has 0 aliphatic carbocycles. The number of rotatable bonds is 6. The molecule has 0 bridgehead atoms. The van der Waals surface area contributed by atoms with Crippen LogP contribution >= 0.6 is 11.3 Å². The Labute approximate surface area is 148 Å². The van der Waals surface area contributed by atoms with Gasteiger partial charge in [-0.25, -0.2) is 4.98 Å². The molecule has 0 unspecified atom stereocenters. The third-order valence-corrected chi connectivity index (χ3v) is 5.14. The first-order valence-corrected chi connectivity index (χ1v) is 9.25. The van der Waals surface area contributed by atoms with Gasteiger partial charge < -0.3 is 5.32 Å². The van der Waals surface area contributed by atoms with Crippen molar-refractivity contribution in [3.63, 3.8) is 0 Å². The second-order valence-electron chi connectivity index (χ2n) is 6.74. The van der Waals surface area contributed by atoms with Crippen LogP contribution in [0.15, 0.2) is 5.38 Å². The number of aromatic nitrogens is 3. The zero-order chi connectivity index (χ0) is 17.7. The molecule has 24 heavy (non-hydrogen) atoms. The van der Waals surface area contributed by atoms with E-state index in [4.69, 9.17) is 4.98 Å². The van der Waals surface area contributed by atoms with Gasteiger partial charge in [-0.2, -0.15) is 10.4 Å². The van der Waals surface area contributed by atoms with Gasteiger partial charge in [0.05, 0.1) is 16.4 Å². The summed E-state index contributed by atoms with van der Waals surface area (Å²) in [6.45, 7) is 11.3. The Morgan fingerprint density at radius 1 is 1.21 bits per heavy atom. The zero-order valence-corrected chi connectivity index (χ0v) is 15.9. The summed E-state index contributed by atoms with van der Waals surface area (Å²) in [5.74, 6) is 0.581. The second kappa shape index (κ2) is 7.71. The zero-order valence-electron chi connectivity index (χ0n) is 15.1. The van der Waals surface area contributed by atoms with Crippen LogP contribution in [-0.4, -0.2) is 21.7 Å². The van der Waals surface area contributed by atoms with Crippen molar-refractivity contribution in [2.24, 2.45) is 0 Å². The lowest BCUT2D eigenvalue weighted by molar-refractivity contribution is 0.583. The smallest absolute Gasteiger partial charge is 0.166 e. The van der Waals surface area contributed by atoms with Crippen molar-refractivity contribution in [3.05, 3.63) is 32.9 Å². The number of hydrogen-bond acceptors (Lipinski definition) is 6. The summed E-state index contributed by atoms with van der Waals surface area (Å²) in [7, 11) is 0. The third-order valence-electron chi connectivity index (χ3n) is 3.82. The van der Waals surface area contributed by atoms with Gasteiger partial charge in [-0.1, -0.05) is 34.6 Å². The first kappa shape index (κ1) is 18.3. The quantitative estimate of drug-likeness (QED) is 0.861. The fourth-order valence-corrected chi connectivity index (χ4v) is 3.43. The fourth-order valence-electron chi connectivity index (χ4n) is 2.49. The lowest BCUT2D eigenvalue weighted by Gasteiger charge is -2.13. The van der Waals surface area contributed by atoms with Crippen LogP contribution in [-0.2, 0) is 24.7 Å². The van der Waals surface area contributed by atoms with Crippen molar-refractivity contribution >= 4 is 17.2 Å². The van der Waals surface area contributed by atoms with Gasteiger partial charge in [0, 0.05) is 23.8 Å². The molecular weight excluding hydrogens is 318 g/mol. The summed E-state index contributed by atoms with van der Waals surface area (Å²) in [5.41, 5.74) is 3.69. The normalized spacial score (nSPS) is 11.3. The highest BCUT2D eigenvalue weighted by atomic mass is 32.1. The largest absolute Gasteiger partial charge is 0.367 e. The highest BCUT2D eigenvalue weighted by molar-refractivity contribution is 7.09. The standard InChI is InChI=1S/C18H25N5S/c1-6-13-14(10-19)16(23-22-15(13)7-2)20-9-8-12-11-24-17(21-12)18(3,4)5/h11H,6-9H2,1-5H3,(H,20,23). The Bertz CT molecular complexity index is 737. The molecule has 2 heterocycles. The number of hydrogen-bond donors (Lipinski definition) is 1. The number of aryl methyl sites for hydroxylation is 1. The van der Waals surface area contributed by atoms with E-state index in [9.17, 15) is 5.26 Å². The van der Waals surface area contributed by atoms with Gasteiger partial charge in [-0.3, -0.25) is 0 Å². The number of nitrogens with zero attached hydrogens (tertiary/aromatic N) is 4. The lowest BCUT2D eigenvalue weighted by atomic mass is 9.98. The molecular formula is C18H25N5S. The lowest BCUT2D eigenvalue weighted by Crippen LogP contribution is -2.13. The molecule has 0 spiro atoms. The molecule has 0 fully saturated rings. The maximum Gasteiger partial charge on any atom is 0.166 e. The summed E-state index contributed by atoms with van der Waals surface area (Å²) in [6.07, 6.45) is 2.38. The van der Waals surface area contributed by atoms with Crippen LogP contribution in [0.25, 0.3) is 0 Å². The molecule has 0 saturated heterocycles. The van der Waals surface area contributed by atoms with Crippen molar-refractivity contribution in [3.8, 4) is 6.07 Å². The van der Waals surface area contributed by atoms with Gasteiger partial charge in [0.1, 0.15) is 11.6 Å². The summed E-state index contributed by atoms with van der Waals surface area (Å²) in [6, 6.07) is 2.28. The predicted molar refractivity (Wildman–Crippen MR) is 98.5 cm³/mol. The Kier molecular flexibility index (Phi) is 5.89. The third kappa shape index (κ3) is 4.09. The fraction of sp³-hybridized carbons (Fsp3) is 0.556. The predicted octanol–water partition coefficient (Wildman–Crippen LogP) is 3.88. The van der Waals surface area contributed by atoms with Crippen LogP contribution < -0.4 is 5.32 Å². The first-order chi connectivity index (χ1) is 11.4. The van der Waals surface area contributed by atoms with E-state index in [1.807, 2.05) is 13.8 Å². The van der Waals surface area contributed by atoms with Crippen LogP contribution in [0.5, 0.6) is 0 Å². The summed E-state index contributed by atoms with van der Waals surface area (Å²) >= 11 is 1.70. The molecule has 6 heteroatoms. The molecule has 0 radical (unpaired) electrons. The SMILES string of the molecule is CCc1nnc(NCCc2csc(C(C)(C)C)n2)c(C#N)c1CC. The van der Waals surface area contributed by atoms with Crippen LogP contribution in [0.2, 0.25) is 0 Å². The molecule has 1 N–H and O–H groups in total. The summed E-state index contributed by atoms with van der Waals surface area (Å²) in [4.78, 5) is 4.69. The molecule has 0 aromatic carbocycles. The molecule has 2 rings (SSSR count). The van der Waals surface area contributed by atoms with Gasteiger partial charge >= 0.3 is 0 Å². The van der Waals surface area contributed by atoms with E-state index in [1.165, 1.54) is 0 Å². The van der Waals surface area contributed by atoms with E-state index in [0.717, 1.165) is 41.2 Å². The van der Waals surface area contributed by atoms with Crippen molar-refractivity contribution < 1.29 is 0 Å². The molecule has 0 amide bonds. The highest BCUT2D eigenvalue weighted by Gasteiger charge is 2.18. The van der Waals surface area contributed by atoms with Crippen LogP contribution in [0.4, 0.5) is 5.82 Å². The Balaban J connectivity index is 2.07. The molecule has 0 atom stereocenters. The van der Waals surface area contributed by atoms with Crippen LogP contribution in [0, 0.1) is 11.3 Å². The van der Waals surface area contributed by atoms with Gasteiger partial charge in [-0.05, 0) is 18.4 Å². The van der Waals surface area contributed by atoms with E-state index in [0.29, 0.717) is 17.9 Å². The van der Waals surface area contributed by atoms with Crippen LogP contribution in [0.1, 0.15) is 62.1 Å².